The fourth-order valence-corrected chi connectivity index (χ4v) is 8.70. The lowest BCUT2D eigenvalue weighted by molar-refractivity contribution is -0.314. The van der Waals surface area contributed by atoms with Gasteiger partial charge in [-0.3, -0.25) is 4.79 Å². The first-order valence-corrected chi connectivity index (χ1v) is 18.5. The van der Waals surface area contributed by atoms with E-state index in [1.165, 1.54) is 14.0 Å². The zero-order valence-electron chi connectivity index (χ0n) is 32.2. The summed E-state index contributed by atoms with van der Waals surface area (Å²) in [6.45, 7) is 20.6. The molecule has 0 aromatic rings. The lowest BCUT2D eigenvalue weighted by Gasteiger charge is -2.48. The van der Waals surface area contributed by atoms with Crippen LogP contribution in [-0.4, -0.2) is 124 Å². The minimum absolute atomic E-state index is 0.174. The second-order valence-corrected chi connectivity index (χ2v) is 16.0. The van der Waals surface area contributed by atoms with Crippen LogP contribution in [0.25, 0.3) is 0 Å². The summed E-state index contributed by atoms with van der Waals surface area (Å²) in [4.78, 5) is 14.3. The third-order valence-corrected chi connectivity index (χ3v) is 11.8. The van der Waals surface area contributed by atoms with Gasteiger partial charge in [-0.15, -0.1) is 0 Å². The fraction of sp³-hybridized carbons (Fsp3) is 0.919. The van der Waals surface area contributed by atoms with E-state index < -0.39 is 95.8 Å². The summed E-state index contributed by atoms with van der Waals surface area (Å²) in [7, 11) is 1.53. The molecular formula is C37H65NO12. The fourth-order valence-electron chi connectivity index (χ4n) is 8.70. The van der Waals surface area contributed by atoms with Crippen molar-refractivity contribution in [3.8, 4) is 0 Å². The Bertz CT molecular complexity index is 1200. The number of hydrogen-bond acceptors (Lipinski definition) is 13. The van der Waals surface area contributed by atoms with E-state index in [0.29, 0.717) is 25.1 Å². The number of ether oxygens (including phenoxy) is 7. The molecule has 290 valence electrons. The predicted octanol–water partition coefficient (Wildman–Crippen LogP) is 2.94. The van der Waals surface area contributed by atoms with Crippen molar-refractivity contribution in [2.45, 2.75) is 186 Å². The summed E-state index contributed by atoms with van der Waals surface area (Å²) in [6, 6.07) is -0.260. The van der Waals surface area contributed by atoms with E-state index >= 15 is 0 Å². The molecule has 4 aliphatic rings. The number of hydrogen-bond donors (Lipinski definition) is 5. The molecule has 0 aromatic heterocycles. The Labute approximate surface area is 298 Å². The molecule has 13 heteroatoms. The average molecular weight is 716 g/mol. The first-order valence-electron chi connectivity index (χ1n) is 18.5. The lowest BCUT2D eigenvalue weighted by Crippen LogP contribution is -2.60. The molecular weight excluding hydrogens is 650 g/mol. The van der Waals surface area contributed by atoms with E-state index in [-0.39, 0.29) is 25.0 Å². The van der Waals surface area contributed by atoms with Crippen LogP contribution >= 0.6 is 0 Å². The van der Waals surface area contributed by atoms with Crippen molar-refractivity contribution in [1.82, 2.24) is 5.32 Å². The molecule has 0 spiro atoms. The van der Waals surface area contributed by atoms with Gasteiger partial charge in [-0.25, -0.2) is 0 Å². The maximum absolute atomic E-state index is 14.3. The van der Waals surface area contributed by atoms with E-state index in [9.17, 15) is 25.2 Å². The highest BCUT2D eigenvalue weighted by molar-refractivity contribution is 5.73. The Hall–Kier alpha value is -1.39. The summed E-state index contributed by atoms with van der Waals surface area (Å²) in [5, 5.41) is 48.5. The second-order valence-electron chi connectivity index (χ2n) is 16.0. The molecule has 3 fully saturated rings. The number of cyclic esters (lactones) is 1. The van der Waals surface area contributed by atoms with Crippen molar-refractivity contribution >= 4 is 5.97 Å². The van der Waals surface area contributed by atoms with Gasteiger partial charge in [0.05, 0.1) is 41.9 Å². The lowest BCUT2D eigenvalue weighted by atomic mass is 9.78. The van der Waals surface area contributed by atoms with Crippen LogP contribution in [0.1, 0.15) is 102 Å². The summed E-state index contributed by atoms with van der Waals surface area (Å²) >= 11 is 0. The Morgan fingerprint density at radius 3 is 2.32 bits per heavy atom. The van der Waals surface area contributed by atoms with Crippen LogP contribution in [-0.2, 0) is 38.0 Å². The molecule has 4 aliphatic heterocycles. The molecule has 0 amide bonds. The quantitative estimate of drug-likeness (QED) is 0.209. The molecule has 17 atom stereocenters. The van der Waals surface area contributed by atoms with Crippen molar-refractivity contribution in [2.75, 3.05) is 13.7 Å². The van der Waals surface area contributed by atoms with E-state index in [2.05, 4.69) is 5.32 Å². The van der Waals surface area contributed by atoms with Crippen LogP contribution < -0.4 is 5.32 Å². The van der Waals surface area contributed by atoms with Gasteiger partial charge in [0, 0.05) is 31.9 Å². The highest BCUT2D eigenvalue weighted by atomic mass is 16.7. The largest absolute Gasteiger partial charge is 0.488 e. The number of carbonyl (C=O) groups is 1. The van der Waals surface area contributed by atoms with E-state index in [0.717, 1.165) is 5.57 Å². The number of carbonyl (C=O) groups excluding carboxylic acids is 1. The average Bonchev–Trinajstić information content (AvgIpc) is 3.37. The van der Waals surface area contributed by atoms with Crippen LogP contribution in [0.2, 0.25) is 0 Å². The first-order chi connectivity index (χ1) is 23.2. The van der Waals surface area contributed by atoms with E-state index in [1.54, 1.807) is 27.7 Å². The van der Waals surface area contributed by atoms with Gasteiger partial charge in [-0.05, 0) is 73.4 Å². The molecule has 0 aliphatic carbocycles. The maximum atomic E-state index is 14.3. The van der Waals surface area contributed by atoms with Crippen LogP contribution in [0.5, 0.6) is 0 Å². The number of fused-ring (bicyclic) bond motifs is 2. The highest BCUT2D eigenvalue weighted by Gasteiger charge is 2.56. The highest BCUT2D eigenvalue weighted by Crippen LogP contribution is 2.48. The second kappa shape index (κ2) is 15.9. The van der Waals surface area contributed by atoms with Crippen LogP contribution in [0.3, 0.4) is 0 Å². The minimum Gasteiger partial charge on any atom is -0.488 e. The zero-order valence-corrected chi connectivity index (χ0v) is 32.2. The van der Waals surface area contributed by atoms with Crippen LogP contribution in [0.15, 0.2) is 11.3 Å². The number of likely N-dealkylation sites (N-methyl/N-ethyl adjacent to an activating group) is 1. The molecule has 13 nitrogen and oxygen atoms in total. The molecule has 3 saturated heterocycles. The number of aliphatic hydroxyl groups is 4. The Kier molecular flexibility index (Phi) is 13.2. The van der Waals surface area contributed by atoms with Crippen LogP contribution in [0.4, 0.5) is 0 Å². The molecule has 4 rings (SSSR count). The van der Waals surface area contributed by atoms with Crippen molar-refractivity contribution in [3.05, 3.63) is 11.3 Å². The van der Waals surface area contributed by atoms with E-state index in [1.807, 2.05) is 41.5 Å². The van der Waals surface area contributed by atoms with Gasteiger partial charge in [-0.1, -0.05) is 27.7 Å². The van der Waals surface area contributed by atoms with Gasteiger partial charge in [-0.2, -0.15) is 0 Å². The van der Waals surface area contributed by atoms with Gasteiger partial charge >= 0.3 is 5.97 Å². The third-order valence-electron chi connectivity index (χ3n) is 11.8. The van der Waals surface area contributed by atoms with Crippen molar-refractivity contribution in [2.24, 2.45) is 17.8 Å². The summed E-state index contributed by atoms with van der Waals surface area (Å²) in [5.41, 5.74) is -2.95. The molecule has 0 radical (unpaired) electrons. The SMILES string of the molecule is CCNC1CC(C)O[C@@H](O[C@@H]2[C@@H](C)[C@H](O[C@H]3CC(C)(OC)[C@@H](O)C(C)O3)[C@@H](C)C(=O)O[C@@H]([C@](C)(O)[C@@H](O)CC)[C@@H](C)C3=C(C)C[C@@]2(C)O3)C1O. The summed E-state index contributed by atoms with van der Waals surface area (Å²) in [6.07, 6.45) is -7.27. The topological polar surface area (TPSA) is 175 Å². The summed E-state index contributed by atoms with van der Waals surface area (Å²) in [5.74, 6) is -2.26. The Morgan fingerprint density at radius 1 is 1.06 bits per heavy atom. The number of rotatable bonds is 10. The molecule has 5 N–H and O–H groups in total. The van der Waals surface area contributed by atoms with Crippen molar-refractivity contribution in [3.63, 3.8) is 0 Å². The van der Waals surface area contributed by atoms with Gasteiger partial charge in [0.1, 0.15) is 41.4 Å². The summed E-state index contributed by atoms with van der Waals surface area (Å²) < 4.78 is 44.8. The predicted molar refractivity (Wildman–Crippen MR) is 184 cm³/mol. The number of methoxy groups -OCH3 is 1. The van der Waals surface area contributed by atoms with Gasteiger partial charge in [0.25, 0.3) is 0 Å². The molecule has 5 unspecified atom stereocenters. The maximum Gasteiger partial charge on any atom is 0.311 e. The van der Waals surface area contributed by atoms with Crippen molar-refractivity contribution in [1.29, 1.82) is 0 Å². The molecule has 0 saturated carbocycles. The first kappa shape index (κ1) is 41.4. The smallest absolute Gasteiger partial charge is 0.311 e. The van der Waals surface area contributed by atoms with Crippen LogP contribution in [0, 0.1) is 17.8 Å². The van der Waals surface area contributed by atoms with Gasteiger partial charge in [0.15, 0.2) is 12.6 Å². The molecule has 0 aromatic carbocycles. The molecule has 50 heavy (non-hydrogen) atoms. The number of nitrogens with one attached hydrogen (secondary N) is 1. The van der Waals surface area contributed by atoms with Gasteiger partial charge < -0.3 is 58.9 Å². The number of esters is 1. The molecule has 4 heterocycles. The Morgan fingerprint density at radius 2 is 1.72 bits per heavy atom. The zero-order chi connectivity index (χ0) is 37.5. The normalized spacial score (nSPS) is 46.4. The van der Waals surface area contributed by atoms with Crippen molar-refractivity contribution < 1.29 is 58.4 Å². The number of aliphatic hydroxyl groups excluding tert-OH is 3. The standard InChI is InChI=1S/C37H65NO12/c1-13-25(39)37(11,43)32-20(5)28-18(3)16-36(10,50-28)31(49-34-27(40)24(38-14-2)15-19(4)45-34)21(6)29(22(7)33(42)48-32)47-26-17-35(9,44-12)30(41)23(8)46-26/h19-27,29-32,34,38-41,43H,13-17H2,1-12H3/t19?,20-,21-,22+,23?,24?,25-,26-,27?,29-,30-,31+,32+,34-,35?,36+,37+/m0/s1. The minimum atomic E-state index is -1.82. The third kappa shape index (κ3) is 8.07. The molecule has 2 bridgehead atoms. The van der Waals surface area contributed by atoms with E-state index in [4.69, 9.17) is 33.2 Å². The Balaban J connectivity index is 1.82. The van der Waals surface area contributed by atoms with Gasteiger partial charge in [0.2, 0.25) is 0 Å². The monoisotopic (exact) mass is 715 g/mol.